The van der Waals surface area contributed by atoms with E-state index >= 15 is 0 Å². The number of unbranched alkanes of at least 4 members (excludes halogenated alkanes) is 12. The van der Waals surface area contributed by atoms with Crippen molar-refractivity contribution in [1.29, 1.82) is 0 Å². The van der Waals surface area contributed by atoms with Gasteiger partial charge in [0.25, 0.3) is 0 Å². The molecule has 156 valence electrons. The van der Waals surface area contributed by atoms with Crippen LogP contribution < -0.4 is 5.32 Å². The van der Waals surface area contributed by atoms with Gasteiger partial charge >= 0.3 is 0 Å². The first-order valence-electron chi connectivity index (χ1n) is 11.7. The molecule has 0 aliphatic heterocycles. The van der Waals surface area contributed by atoms with Crippen LogP contribution in [0, 0.1) is 0 Å². The molecule has 0 aromatic carbocycles. The van der Waals surface area contributed by atoms with Gasteiger partial charge in [0.1, 0.15) is 0 Å². The van der Waals surface area contributed by atoms with Crippen molar-refractivity contribution in [2.24, 2.45) is 0 Å². The molecule has 0 aliphatic rings. The fourth-order valence-electron chi connectivity index (χ4n) is 3.44. The molecule has 0 heterocycles. The SMILES string of the molecule is CCCCCCCCCCCCCCC(=O)NCCCCN(CC)CC. The van der Waals surface area contributed by atoms with Crippen LogP contribution in [0.25, 0.3) is 0 Å². The molecule has 3 heteroatoms. The lowest BCUT2D eigenvalue weighted by atomic mass is 10.0. The second-order valence-corrected chi connectivity index (χ2v) is 7.72. The first-order chi connectivity index (χ1) is 12.7. The van der Waals surface area contributed by atoms with Crippen LogP contribution >= 0.6 is 0 Å². The molecule has 0 bridgehead atoms. The second kappa shape index (κ2) is 20.7. The molecule has 0 aromatic rings. The molecule has 1 N–H and O–H groups in total. The van der Waals surface area contributed by atoms with Gasteiger partial charge in [-0.05, 0) is 38.9 Å². The molecule has 0 unspecified atom stereocenters. The Balaban J connectivity index is 3.22. The average Bonchev–Trinajstić information content (AvgIpc) is 2.65. The molecular weight excluding hydrogens is 320 g/mol. The van der Waals surface area contributed by atoms with Crippen LogP contribution in [0.1, 0.15) is 117 Å². The Hall–Kier alpha value is -0.570. The van der Waals surface area contributed by atoms with Gasteiger partial charge in [-0.2, -0.15) is 0 Å². The van der Waals surface area contributed by atoms with E-state index in [1.54, 1.807) is 0 Å². The number of hydrogen-bond acceptors (Lipinski definition) is 2. The molecule has 0 rings (SSSR count). The second-order valence-electron chi connectivity index (χ2n) is 7.72. The largest absolute Gasteiger partial charge is 0.356 e. The highest BCUT2D eigenvalue weighted by Gasteiger charge is 2.02. The van der Waals surface area contributed by atoms with Crippen molar-refractivity contribution < 1.29 is 4.79 Å². The van der Waals surface area contributed by atoms with Crippen molar-refractivity contribution >= 4 is 5.91 Å². The Morgan fingerprint density at radius 3 is 1.65 bits per heavy atom. The van der Waals surface area contributed by atoms with E-state index in [9.17, 15) is 4.79 Å². The molecule has 0 saturated carbocycles. The van der Waals surface area contributed by atoms with E-state index in [1.807, 2.05) is 0 Å². The Labute approximate surface area is 164 Å². The summed E-state index contributed by atoms with van der Waals surface area (Å²) < 4.78 is 0. The maximum atomic E-state index is 11.8. The molecule has 0 aliphatic carbocycles. The number of nitrogens with zero attached hydrogens (tertiary/aromatic N) is 1. The lowest BCUT2D eigenvalue weighted by Crippen LogP contribution is -2.27. The van der Waals surface area contributed by atoms with E-state index in [2.05, 4.69) is 31.0 Å². The maximum absolute atomic E-state index is 11.8. The molecular formula is C23H48N2O. The standard InChI is InChI=1S/C23H48N2O/c1-4-7-8-9-10-11-12-13-14-15-16-17-20-23(26)24-21-18-19-22-25(5-2)6-3/h4-22H2,1-3H3,(H,24,26). The van der Waals surface area contributed by atoms with E-state index in [1.165, 1.54) is 77.0 Å². The summed E-state index contributed by atoms with van der Waals surface area (Å²) in [6.45, 7) is 10.9. The van der Waals surface area contributed by atoms with E-state index in [-0.39, 0.29) is 5.91 Å². The highest BCUT2D eigenvalue weighted by atomic mass is 16.1. The van der Waals surface area contributed by atoms with Crippen LogP contribution in [-0.4, -0.2) is 37.0 Å². The fraction of sp³-hybridized carbons (Fsp3) is 0.957. The van der Waals surface area contributed by atoms with E-state index in [0.717, 1.165) is 39.0 Å². The van der Waals surface area contributed by atoms with Crippen LogP contribution in [0.4, 0.5) is 0 Å². The van der Waals surface area contributed by atoms with Crippen LogP contribution in [-0.2, 0) is 4.79 Å². The van der Waals surface area contributed by atoms with Crippen LogP contribution in [0.2, 0.25) is 0 Å². The predicted octanol–water partition coefficient (Wildman–Crippen LogP) is 6.32. The number of nitrogens with one attached hydrogen (secondary N) is 1. The summed E-state index contributed by atoms with van der Waals surface area (Å²) in [4.78, 5) is 14.3. The summed E-state index contributed by atoms with van der Waals surface area (Å²) in [7, 11) is 0. The van der Waals surface area contributed by atoms with Crippen molar-refractivity contribution in [3.63, 3.8) is 0 Å². The Kier molecular flexibility index (Phi) is 20.3. The fourth-order valence-corrected chi connectivity index (χ4v) is 3.44. The summed E-state index contributed by atoms with van der Waals surface area (Å²) in [6, 6.07) is 0. The van der Waals surface area contributed by atoms with Gasteiger partial charge in [-0.1, -0.05) is 91.4 Å². The average molecular weight is 369 g/mol. The van der Waals surface area contributed by atoms with Crippen molar-refractivity contribution in [2.45, 2.75) is 117 Å². The molecule has 0 saturated heterocycles. The van der Waals surface area contributed by atoms with E-state index in [0.29, 0.717) is 6.42 Å². The first-order valence-corrected chi connectivity index (χ1v) is 11.7. The lowest BCUT2D eigenvalue weighted by molar-refractivity contribution is -0.121. The predicted molar refractivity (Wildman–Crippen MR) is 116 cm³/mol. The third-order valence-corrected chi connectivity index (χ3v) is 5.38. The molecule has 0 spiro atoms. The minimum Gasteiger partial charge on any atom is -0.356 e. The summed E-state index contributed by atoms with van der Waals surface area (Å²) in [6.07, 6.45) is 19.1. The van der Waals surface area contributed by atoms with Crippen molar-refractivity contribution in [2.75, 3.05) is 26.2 Å². The molecule has 0 radical (unpaired) electrons. The number of carbonyl (C=O) groups is 1. The zero-order chi connectivity index (χ0) is 19.3. The third kappa shape index (κ3) is 18.2. The van der Waals surface area contributed by atoms with Gasteiger partial charge in [0, 0.05) is 13.0 Å². The highest BCUT2D eigenvalue weighted by Crippen LogP contribution is 2.12. The van der Waals surface area contributed by atoms with E-state index < -0.39 is 0 Å². The molecule has 1 amide bonds. The van der Waals surface area contributed by atoms with Gasteiger partial charge < -0.3 is 10.2 Å². The molecule has 26 heavy (non-hydrogen) atoms. The van der Waals surface area contributed by atoms with Gasteiger partial charge in [-0.15, -0.1) is 0 Å². The molecule has 3 nitrogen and oxygen atoms in total. The topological polar surface area (TPSA) is 32.3 Å². The Morgan fingerprint density at radius 2 is 1.15 bits per heavy atom. The maximum Gasteiger partial charge on any atom is 0.219 e. The minimum atomic E-state index is 0.250. The first kappa shape index (κ1) is 25.4. The summed E-state index contributed by atoms with van der Waals surface area (Å²) in [5, 5.41) is 3.07. The highest BCUT2D eigenvalue weighted by molar-refractivity contribution is 5.75. The third-order valence-electron chi connectivity index (χ3n) is 5.38. The number of hydrogen-bond donors (Lipinski definition) is 1. The zero-order valence-corrected chi connectivity index (χ0v) is 18.3. The van der Waals surface area contributed by atoms with Gasteiger partial charge in [0.05, 0.1) is 0 Å². The quantitative estimate of drug-likeness (QED) is 0.255. The molecule has 0 aromatic heterocycles. The zero-order valence-electron chi connectivity index (χ0n) is 18.3. The summed E-state index contributed by atoms with van der Waals surface area (Å²) >= 11 is 0. The Morgan fingerprint density at radius 1 is 0.654 bits per heavy atom. The number of amides is 1. The monoisotopic (exact) mass is 368 g/mol. The summed E-state index contributed by atoms with van der Waals surface area (Å²) in [5.41, 5.74) is 0. The lowest BCUT2D eigenvalue weighted by Gasteiger charge is -2.17. The van der Waals surface area contributed by atoms with Gasteiger partial charge in [-0.3, -0.25) is 4.79 Å². The van der Waals surface area contributed by atoms with Crippen LogP contribution in [0.5, 0.6) is 0 Å². The minimum absolute atomic E-state index is 0.250. The number of carbonyl (C=O) groups excluding carboxylic acids is 1. The van der Waals surface area contributed by atoms with Gasteiger partial charge in [-0.25, -0.2) is 0 Å². The normalized spacial score (nSPS) is 11.2. The molecule has 0 fully saturated rings. The molecule has 0 atom stereocenters. The van der Waals surface area contributed by atoms with Gasteiger partial charge in [0.2, 0.25) is 5.91 Å². The summed E-state index contributed by atoms with van der Waals surface area (Å²) in [5.74, 6) is 0.250. The van der Waals surface area contributed by atoms with E-state index in [4.69, 9.17) is 0 Å². The Bertz CT molecular complexity index is 290. The van der Waals surface area contributed by atoms with Gasteiger partial charge in [0.15, 0.2) is 0 Å². The van der Waals surface area contributed by atoms with Crippen molar-refractivity contribution in [3.8, 4) is 0 Å². The van der Waals surface area contributed by atoms with Crippen LogP contribution in [0.15, 0.2) is 0 Å². The smallest absolute Gasteiger partial charge is 0.219 e. The van der Waals surface area contributed by atoms with Crippen molar-refractivity contribution in [3.05, 3.63) is 0 Å². The number of rotatable bonds is 20. The van der Waals surface area contributed by atoms with Crippen LogP contribution in [0.3, 0.4) is 0 Å². The van der Waals surface area contributed by atoms with Crippen molar-refractivity contribution in [1.82, 2.24) is 10.2 Å².